The van der Waals surface area contributed by atoms with E-state index in [1.165, 1.54) is 61.7 Å². The molecule has 2 aromatic rings. The van der Waals surface area contributed by atoms with Crippen molar-refractivity contribution in [1.29, 1.82) is 0 Å². The van der Waals surface area contributed by atoms with Gasteiger partial charge in [0.1, 0.15) is 6.10 Å². The molecule has 4 N–H and O–H groups in total. The highest BCUT2D eigenvalue weighted by atomic mass is 28.4. The fourth-order valence-electron chi connectivity index (χ4n) is 7.03. The molecule has 1 heterocycles. The van der Waals surface area contributed by atoms with Gasteiger partial charge in [0.05, 0.1) is 37.1 Å². The highest BCUT2D eigenvalue weighted by Gasteiger charge is 2.52. The monoisotopic (exact) mass is 670 g/mol. The number of aliphatic hydroxyl groups is 4. The lowest BCUT2D eigenvalue weighted by Crippen LogP contribution is -2.66. The van der Waals surface area contributed by atoms with E-state index >= 15 is 0 Å². The number of hydrogen-bond donors (Lipinski definition) is 4. The van der Waals surface area contributed by atoms with Crippen molar-refractivity contribution in [2.24, 2.45) is 0 Å². The van der Waals surface area contributed by atoms with Gasteiger partial charge in [0, 0.05) is 0 Å². The van der Waals surface area contributed by atoms with E-state index in [4.69, 9.17) is 9.16 Å². The Labute approximate surface area is 287 Å². The molecule has 1 fully saturated rings. The van der Waals surface area contributed by atoms with Gasteiger partial charge < -0.3 is 29.6 Å². The number of unbranched alkanes of at least 4 members (excludes halogenated alkanes) is 9. The highest BCUT2D eigenvalue weighted by Crippen LogP contribution is 2.38. The zero-order chi connectivity index (χ0) is 34.1. The third-order valence-corrected chi connectivity index (χ3v) is 15.1. The minimum Gasteiger partial charge on any atom is -0.405 e. The molecule has 0 unspecified atom stereocenters. The van der Waals surface area contributed by atoms with E-state index in [-0.39, 0.29) is 30.1 Å². The van der Waals surface area contributed by atoms with Crippen molar-refractivity contribution in [2.75, 3.05) is 6.61 Å². The minimum atomic E-state index is -2.60. The number of rotatable bonds is 25. The zero-order valence-corrected chi connectivity index (χ0v) is 30.9. The molecule has 47 heavy (non-hydrogen) atoms. The van der Waals surface area contributed by atoms with Crippen molar-refractivity contribution < 1.29 is 29.6 Å². The van der Waals surface area contributed by atoms with Gasteiger partial charge in [0.15, 0.2) is 0 Å². The van der Waals surface area contributed by atoms with Crippen molar-refractivity contribution >= 4 is 18.7 Å². The normalized spacial score (nSPS) is 19.3. The molecule has 6 nitrogen and oxygen atoms in total. The standard InChI is InChI=1S/C40H66O6Si/c1-5-6-7-8-9-10-11-12-13-20-26-34(41)36(43)29-30-37(44)35(42)27-21-28-38-39(46-38)31-45-47(40(2,3)4,32-22-16-14-17-23-32)33-24-18-15-19-25-33/h14-19,22-25,34-39,41-44H,5-13,20-21,26-31H2,1-4H3/t34-,35-,36-,37-,38-,39-/m1/s1. The number of hydrogen-bond acceptors (Lipinski definition) is 6. The summed E-state index contributed by atoms with van der Waals surface area (Å²) >= 11 is 0. The Morgan fingerprint density at radius 3 is 1.49 bits per heavy atom. The second-order valence-corrected chi connectivity index (χ2v) is 19.2. The number of epoxide rings is 1. The van der Waals surface area contributed by atoms with Crippen molar-refractivity contribution in [3.8, 4) is 0 Å². The van der Waals surface area contributed by atoms with Gasteiger partial charge >= 0.3 is 0 Å². The molecule has 2 aromatic carbocycles. The Hall–Kier alpha value is -1.58. The Balaban J connectivity index is 1.32. The molecule has 1 saturated heterocycles. The van der Waals surface area contributed by atoms with Crippen LogP contribution in [0.1, 0.15) is 130 Å². The maximum Gasteiger partial charge on any atom is 0.261 e. The van der Waals surface area contributed by atoms with E-state index in [1.807, 2.05) is 12.1 Å². The molecule has 0 bridgehead atoms. The molecule has 3 rings (SSSR count). The second-order valence-electron chi connectivity index (χ2n) is 14.9. The first-order valence-electron chi connectivity index (χ1n) is 18.7. The lowest BCUT2D eigenvalue weighted by molar-refractivity contribution is -0.0236. The quantitative estimate of drug-likeness (QED) is 0.0514. The largest absolute Gasteiger partial charge is 0.405 e. The fraction of sp³-hybridized carbons (Fsp3) is 0.700. The van der Waals surface area contributed by atoms with Crippen LogP contribution in [0.15, 0.2) is 60.7 Å². The maximum atomic E-state index is 10.6. The van der Waals surface area contributed by atoms with Crippen LogP contribution in [-0.2, 0) is 9.16 Å². The average molecular weight is 671 g/mol. The van der Waals surface area contributed by atoms with E-state index in [0.29, 0.717) is 19.4 Å². The zero-order valence-electron chi connectivity index (χ0n) is 29.9. The first-order valence-corrected chi connectivity index (χ1v) is 20.6. The van der Waals surface area contributed by atoms with Crippen LogP contribution in [0.2, 0.25) is 5.04 Å². The smallest absolute Gasteiger partial charge is 0.261 e. The predicted molar refractivity (Wildman–Crippen MR) is 196 cm³/mol. The van der Waals surface area contributed by atoms with Crippen LogP contribution in [0.4, 0.5) is 0 Å². The molecule has 1 aliphatic rings. The van der Waals surface area contributed by atoms with Gasteiger partial charge in [-0.2, -0.15) is 0 Å². The number of ether oxygens (including phenoxy) is 1. The topological polar surface area (TPSA) is 103 Å². The van der Waals surface area contributed by atoms with Crippen LogP contribution < -0.4 is 10.4 Å². The van der Waals surface area contributed by atoms with Crippen LogP contribution in [0.25, 0.3) is 0 Å². The fourth-order valence-corrected chi connectivity index (χ4v) is 11.6. The summed E-state index contributed by atoms with van der Waals surface area (Å²) < 4.78 is 13.0. The van der Waals surface area contributed by atoms with Crippen molar-refractivity contribution in [3.05, 3.63) is 60.7 Å². The average Bonchev–Trinajstić information content (AvgIpc) is 3.82. The summed E-state index contributed by atoms with van der Waals surface area (Å²) in [7, 11) is -2.60. The first-order chi connectivity index (χ1) is 22.6. The molecule has 6 atom stereocenters. The summed E-state index contributed by atoms with van der Waals surface area (Å²) in [6.45, 7) is 9.59. The lowest BCUT2D eigenvalue weighted by atomic mass is 9.97. The van der Waals surface area contributed by atoms with Gasteiger partial charge in [-0.3, -0.25) is 0 Å². The molecule has 0 saturated carbocycles. The van der Waals surface area contributed by atoms with Crippen molar-refractivity contribution in [3.63, 3.8) is 0 Å². The maximum absolute atomic E-state index is 10.6. The van der Waals surface area contributed by atoms with Crippen LogP contribution in [0, 0.1) is 0 Å². The van der Waals surface area contributed by atoms with Crippen LogP contribution in [-0.4, -0.2) is 72.0 Å². The third-order valence-electron chi connectivity index (χ3n) is 10.1. The molecule has 0 amide bonds. The molecule has 0 spiro atoms. The van der Waals surface area contributed by atoms with Gasteiger partial charge in [-0.15, -0.1) is 0 Å². The molecule has 0 radical (unpaired) electrons. The lowest BCUT2D eigenvalue weighted by Gasteiger charge is -2.43. The summed E-state index contributed by atoms with van der Waals surface area (Å²) in [5.41, 5.74) is 0. The van der Waals surface area contributed by atoms with Crippen molar-refractivity contribution in [1.82, 2.24) is 0 Å². The number of benzene rings is 2. The Morgan fingerprint density at radius 1 is 0.596 bits per heavy atom. The van der Waals surface area contributed by atoms with E-state index < -0.39 is 32.7 Å². The molecule has 266 valence electrons. The molecular weight excluding hydrogens is 605 g/mol. The summed E-state index contributed by atoms with van der Waals surface area (Å²) in [6.07, 6.45) is 12.2. The molecule has 0 aliphatic carbocycles. The molecule has 0 aromatic heterocycles. The van der Waals surface area contributed by atoms with E-state index in [1.54, 1.807) is 0 Å². The first kappa shape index (κ1) is 39.9. The Morgan fingerprint density at radius 2 is 1.02 bits per heavy atom. The summed E-state index contributed by atoms with van der Waals surface area (Å²) in [4.78, 5) is 0. The molecule has 7 heteroatoms. The SMILES string of the molecule is CCCCCCCCCCCC[C@@H](O)[C@H](O)CC[C@@H](O)[C@H](O)CCC[C@H]1O[C@@H]1CO[Si](c1ccccc1)(c1ccccc1)C(C)(C)C. The van der Waals surface area contributed by atoms with Gasteiger partial charge in [0.2, 0.25) is 0 Å². The minimum absolute atomic E-state index is 0.0332. The predicted octanol–water partition coefficient (Wildman–Crippen LogP) is 7.04. The summed E-state index contributed by atoms with van der Waals surface area (Å²) in [5, 5.41) is 44.3. The van der Waals surface area contributed by atoms with Gasteiger partial charge in [-0.05, 0) is 53.9 Å². The van der Waals surface area contributed by atoms with E-state index in [9.17, 15) is 20.4 Å². The van der Waals surface area contributed by atoms with Crippen LogP contribution in [0.5, 0.6) is 0 Å². The van der Waals surface area contributed by atoms with Crippen LogP contribution in [0.3, 0.4) is 0 Å². The van der Waals surface area contributed by atoms with Gasteiger partial charge in [-0.1, -0.05) is 153 Å². The van der Waals surface area contributed by atoms with E-state index in [0.717, 1.165) is 25.7 Å². The van der Waals surface area contributed by atoms with Crippen LogP contribution >= 0.6 is 0 Å². The summed E-state index contributed by atoms with van der Waals surface area (Å²) in [5.74, 6) is 0. The number of aliphatic hydroxyl groups excluding tert-OH is 4. The Kier molecular flexibility index (Phi) is 17.7. The summed E-state index contributed by atoms with van der Waals surface area (Å²) in [6, 6.07) is 21.2. The highest BCUT2D eigenvalue weighted by molar-refractivity contribution is 6.99. The third kappa shape index (κ3) is 13.0. The molecule has 1 aliphatic heterocycles. The second kappa shape index (κ2) is 20.8. The van der Waals surface area contributed by atoms with E-state index in [2.05, 4.69) is 76.2 Å². The Bertz CT molecular complexity index is 1040. The van der Waals surface area contributed by atoms with Gasteiger partial charge in [-0.25, -0.2) is 0 Å². The molecular formula is C40H66O6Si. The van der Waals surface area contributed by atoms with Gasteiger partial charge in [0.25, 0.3) is 8.32 Å². The van der Waals surface area contributed by atoms with Crippen molar-refractivity contribution in [2.45, 2.75) is 172 Å².